The second kappa shape index (κ2) is 6.95. The molecule has 0 aliphatic carbocycles. The summed E-state index contributed by atoms with van der Waals surface area (Å²) in [4.78, 5) is 23.3. The largest absolute Gasteiger partial charge is 0.487 e. The van der Waals surface area contributed by atoms with Crippen LogP contribution in [0.2, 0.25) is 0 Å². The second-order valence-electron chi connectivity index (χ2n) is 6.34. The van der Waals surface area contributed by atoms with Gasteiger partial charge in [-0.25, -0.2) is 4.98 Å². The lowest BCUT2D eigenvalue weighted by atomic mass is 10.2. The van der Waals surface area contributed by atoms with E-state index in [1.54, 1.807) is 0 Å². The number of aromatic amines is 1. The van der Waals surface area contributed by atoms with Crippen molar-refractivity contribution in [3.8, 4) is 17.1 Å². The van der Waals surface area contributed by atoms with Gasteiger partial charge in [-0.2, -0.15) is 9.50 Å². The second-order valence-corrected chi connectivity index (χ2v) is 6.34. The van der Waals surface area contributed by atoms with Crippen LogP contribution in [0.1, 0.15) is 5.69 Å². The lowest BCUT2D eigenvalue weighted by Crippen LogP contribution is -2.16. The van der Waals surface area contributed by atoms with Gasteiger partial charge in [-0.1, -0.05) is 36.4 Å². The SMILES string of the molecule is CN(C)c1cccc(OCc2cc(=O)n3[nH]c(-c4ccccc4)nc3n2)c1. The van der Waals surface area contributed by atoms with Gasteiger partial charge in [0.05, 0.1) is 5.69 Å². The van der Waals surface area contributed by atoms with Crippen LogP contribution >= 0.6 is 0 Å². The molecule has 0 amide bonds. The molecule has 0 spiro atoms. The van der Waals surface area contributed by atoms with Crippen molar-refractivity contribution in [2.24, 2.45) is 0 Å². The monoisotopic (exact) mass is 361 g/mol. The number of benzene rings is 2. The summed E-state index contributed by atoms with van der Waals surface area (Å²) >= 11 is 0. The maximum Gasteiger partial charge on any atom is 0.274 e. The Labute approximate surface area is 155 Å². The zero-order valence-corrected chi connectivity index (χ0v) is 15.1. The average molecular weight is 361 g/mol. The van der Waals surface area contributed by atoms with Crippen molar-refractivity contribution in [2.75, 3.05) is 19.0 Å². The fourth-order valence-electron chi connectivity index (χ4n) is 2.74. The van der Waals surface area contributed by atoms with E-state index in [1.807, 2.05) is 73.6 Å². The third kappa shape index (κ3) is 3.52. The molecule has 2 heterocycles. The van der Waals surface area contributed by atoms with Gasteiger partial charge in [0.2, 0.25) is 0 Å². The van der Waals surface area contributed by atoms with Crippen LogP contribution in [0.25, 0.3) is 17.2 Å². The quantitative estimate of drug-likeness (QED) is 0.592. The summed E-state index contributed by atoms with van der Waals surface area (Å²) in [7, 11) is 3.94. The van der Waals surface area contributed by atoms with Crippen molar-refractivity contribution in [2.45, 2.75) is 6.61 Å². The number of hydrogen-bond acceptors (Lipinski definition) is 5. The molecule has 4 rings (SSSR count). The van der Waals surface area contributed by atoms with Gasteiger partial charge in [0.15, 0.2) is 5.82 Å². The van der Waals surface area contributed by atoms with Gasteiger partial charge in [-0.15, -0.1) is 0 Å². The van der Waals surface area contributed by atoms with Crippen LogP contribution in [0.5, 0.6) is 5.75 Å². The maximum absolute atomic E-state index is 12.4. The normalized spacial score (nSPS) is 10.9. The van der Waals surface area contributed by atoms with Crippen molar-refractivity contribution < 1.29 is 4.74 Å². The summed E-state index contributed by atoms with van der Waals surface area (Å²) in [6, 6.07) is 18.8. The third-order valence-corrected chi connectivity index (χ3v) is 4.15. The molecule has 0 atom stereocenters. The molecular weight excluding hydrogens is 342 g/mol. The Bertz CT molecular complexity index is 1130. The van der Waals surface area contributed by atoms with Gasteiger partial charge in [-0.3, -0.25) is 9.89 Å². The van der Waals surface area contributed by atoms with Crippen LogP contribution in [0.3, 0.4) is 0 Å². The topological polar surface area (TPSA) is 75.5 Å². The third-order valence-electron chi connectivity index (χ3n) is 4.15. The number of hydrogen-bond donors (Lipinski definition) is 1. The van der Waals surface area contributed by atoms with E-state index in [4.69, 9.17) is 4.74 Å². The van der Waals surface area contributed by atoms with Crippen LogP contribution in [0.15, 0.2) is 65.5 Å². The van der Waals surface area contributed by atoms with Crippen LogP contribution in [-0.4, -0.2) is 33.7 Å². The highest BCUT2D eigenvalue weighted by Crippen LogP contribution is 2.20. The fraction of sp³-hybridized carbons (Fsp3) is 0.150. The molecular formula is C20H19N5O2. The van der Waals surface area contributed by atoms with Gasteiger partial charge in [0, 0.05) is 37.5 Å². The summed E-state index contributed by atoms with van der Waals surface area (Å²) in [5.41, 5.74) is 2.23. The van der Waals surface area contributed by atoms with Gasteiger partial charge in [0.1, 0.15) is 12.4 Å². The molecule has 0 aliphatic rings. The standard InChI is InChI=1S/C20H19N5O2/c1-24(2)16-9-6-10-17(12-16)27-13-15-11-18(26)25-20(21-15)22-19(23-25)14-7-4-3-5-8-14/h3-12H,13H2,1-2H3,(H,21,22,23). The molecule has 7 nitrogen and oxygen atoms in total. The van der Waals surface area contributed by atoms with Gasteiger partial charge < -0.3 is 9.64 Å². The minimum Gasteiger partial charge on any atom is -0.487 e. The molecule has 2 aromatic carbocycles. The van der Waals surface area contributed by atoms with Crippen molar-refractivity contribution in [3.63, 3.8) is 0 Å². The molecule has 0 fully saturated rings. The Morgan fingerprint density at radius 2 is 1.85 bits per heavy atom. The Balaban J connectivity index is 1.60. The summed E-state index contributed by atoms with van der Waals surface area (Å²) in [5, 5.41) is 2.99. The molecule has 4 aromatic rings. The van der Waals surface area contributed by atoms with Gasteiger partial charge in [-0.05, 0) is 12.1 Å². The number of H-pyrrole nitrogens is 1. The highest BCUT2D eigenvalue weighted by molar-refractivity contribution is 5.56. The number of fused-ring (bicyclic) bond motifs is 1. The summed E-state index contributed by atoms with van der Waals surface area (Å²) < 4.78 is 7.13. The van der Waals surface area contributed by atoms with Crippen LogP contribution in [0, 0.1) is 0 Å². The first-order valence-electron chi connectivity index (χ1n) is 8.54. The zero-order chi connectivity index (χ0) is 18.8. The van der Waals surface area contributed by atoms with Crippen molar-refractivity contribution in [1.29, 1.82) is 0 Å². The van der Waals surface area contributed by atoms with E-state index in [2.05, 4.69) is 15.1 Å². The molecule has 27 heavy (non-hydrogen) atoms. The van der Waals surface area contributed by atoms with E-state index in [-0.39, 0.29) is 12.2 Å². The minimum atomic E-state index is -0.227. The first kappa shape index (κ1) is 16.8. The molecule has 1 N–H and O–H groups in total. The molecule has 0 unspecified atom stereocenters. The highest BCUT2D eigenvalue weighted by Gasteiger charge is 2.10. The predicted molar refractivity (Wildman–Crippen MR) is 104 cm³/mol. The average Bonchev–Trinajstić information content (AvgIpc) is 3.12. The number of rotatable bonds is 5. The predicted octanol–water partition coefficient (Wildman–Crippen LogP) is 2.73. The Hall–Kier alpha value is -3.61. The Morgan fingerprint density at radius 3 is 2.63 bits per heavy atom. The Kier molecular flexibility index (Phi) is 4.33. The Morgan fingerprint density at radius 1 is 1.04 bits per heavy atom. The van der Waals surface area contributed by atoms with E-state index < -0.39 is 0 Å². The van der Waals surface area contributed by atoms with Crippen molar-refractivity contribution in [1.82, 2.24) is 19.6 Å². The fourth-order valence-corrected chi connectivity index (χ4v) is 2.74. The number of anilines is 1. The highest BCUT2D eigenvalue weighted by atomic mass is 16.5. The number of aromatic nitrogens is 4. The van der Waals surface area contributed by atoms with E-state index in [1.165, 1.54) is 10.6 Å². The molecule has 0 saturated carbocycles. The van der Waals surface area contributed by atoms with Crippen molar-refractivity contribution >= 4 is 11.5 Å². The smallest absolute Gasteiger partial charge is 0.274 e. The maximum atomic E-state index is 12.4. The number of nitrogens with one attached hydrogen (secondary N) is 1. The summed E-state index contributed by atoms with van der Waals surface area (Å²) in [5.74, 6) is 1.63. The first-order valence-corrected chi connectivity index (χ1v) is 8.54. The molecule has 7 heteroatoms. The van der Waals surface area contributed by atoms with Crippen LogP contribution in [0.4, 0.5) is 5.69 Å². The van der Waals surface area contributed by atoms with Gasteiger partial charge in [0.25, 0.3) is 11.3 Å². The molecule has 0 aliphatic heterocycles. The number of ether oxygens (including phenoxy) is 1. The van der Waals surface area contributed by atoms with Crippen LogP contribution < -0.4 is 15.2 Å². The molecule has 0 bridgehead atoms. The lowest BCUT2D eigenvalue weighted by molar-refractivity contribution is 0.301. The van der Waals surface area contributed by atoms with E-state index in [9.17, 15) is 4.79 Å². The van der Waals surface area contributed by atoms with Crippen LogP contribution in [-0.2, 0) is 6.61 Å². The van der Waals surface area contributed by atoms with Gasteiger partial charge >= 0.3 is 0 Å². The summed E-state index contributed by atoms with van der Waals surface area (Å²) in [6.07, 6.45) is 0. The number of nitrogens with zero attached hydrogens (tertiary/aromatic N) is 4. The molecule has 0 saturated heterocycles. The molecule has 2 aromatic heterocycles. The van der Waals surface area contributed by atoms with E-state index >= 15 is 0 Å². The van der Waals surface area contributed by atoms with E-state index in [0.717, 1.165) is 17.0 Å². The lowest BCUT2D eigenvalue weighted by Gasteiger charge is -2.13. The molecule has 136 valence electrons. The first-order chi connectivity index (χ1) is 13.1. The summed E-state index contributed by atoms with van der Waals surface area (Å²) in [6.45, 7) is 0.191. The van der Waals surface area contributed by atoms with Crippen molar-refractivity contribution in [3.05, 3.63) is 76.7 Å². The molecule has 0 radical (unpaired) electrons. The minimum absolute atomic E-state index is 0.191. The zero-order valence-electron chi connectivity index (χ0n) is 15.1. The van der Waals surface area contributed by atoms with E-state index in [0.29, 0.717) is 17.3 Å².